The van der Waals surface area contributed by atoms with Crippen molar-refractivity contribution in [3.63, 3.8) is 0 Å². The zero-order valence-corrected chi connectivity index (χ0v) is 20.9. The molecule has 0 spiro atoms. The molecule has 1 unspecified atom stereocenters. The Kier molecular flexibility index (Phi) is 6.90. The maximum Gasteiger partial charge on any atom is 0.161 e. The molecule has 7 heteroatoms. The van der Waals surface area contributed by atoms with Crippen LogP contribution in [0.4, 0.5) is 5.69 Å². The van der Waals surface area contributed by atoms with Crippen LogP contribution in [0, 0.1) is 5.92 Å². The van der Waals surface area contributed by atoms with Crippen LogP contribution < -0.4 is 24.2 Å². The molecule has 2 saturated heterocycles. The predicted octanol–water partition coefficient (Wildman–Crippen LogP) is 3.29. The Balaban J connectivity index is 1.12. The van der Waals surface area contributed by atoms with Crippen molar-refractivity contribution in [3.05, 3.63) is 48.0 Å². The third-order valence-electron chi connectivity index (χ3n) is 7.62. The van der Waals surface area contributed by atoms with Crippen molar-refractivity contribution in [2.45, 2.75) is 50.7 Å². The number of anilines is 1. The molecule has 0 radical (unpaired) electrons. The van der Waals surface area contributed by atoms with Gasteiger partial charge in [-0.05, 0) is 99.5 Å². The molecule has 7 nitrogen and oxygen atoms in total. The largest absolute Gasteiger partial charge is 0.862 e. The zero-order chi connectivity index (χ0) is 24.3. The fourth-order valence-corrected chi connectivity index (χ4v) is 5.50. The molecule has 2 aromatic carbocycles. The molecule has 2 atom stereocenters. The maximum absolute atomic E-state index is 13.3. The minimum absolute atomic E-state index is 0.0475. The number of benzene rings is 2. The number of fused-ring (bicyclic) bond motifs is 1. The van der Waals surface area contributed by atoms with E-state index in [1.54, 1.807) is 0 Å². The number of hydrogen-bond donors (Lipinski definition) is 0. The highest BCUT2D eigenvalue weighted by atomic mass is 16.6. The molecule has 192 valence electrons. The first kappa shape index (κ1) is 23.5. The van der Waals surface area contributed by atoms with Crippen LogP contribution in [0.2, 0.25) is 0 Å². The minimum atomic E-state index is -0.0499. The van der Waals surface area contributed by atoms with Crippen LogP contribution in [0.1, 0.15) is 37.7 Å². The van der Waals surface area contributed by atoms with Gasteiger partial charge < -0.3 is 34.1 Å². The molecule has 3 aliphatic heterocycles. The number of nitrogens with zero attached hydrogens (tertiary/aromatic N) is 3. The molecule has 2 aromatic rings. The molecule has 0 aromatic heterocycles. The Labute approximate surface area is 213 Å². The summed E-state index contributed by atoms with van der Waals surface area (Å²) in [6, 6.07) is 14.4. The number of rotatable bonds is 9. The molecular formula is C29H36N3O4-. The van der Waals surface area contributed by atoms with E-state index in [9.17, 15) is 5.11 Å². The summed E-state index contributed by atoms with van der Waals surface area (Å²) in [7, 11) is 0. The molecule has 36 heavy (non-hydrogen) atoms. The van der Waals surface area contributed by atoms with Crippen molar-refractivity contribution in [1.82, 2.24) is 4.90 Å². The van der Waals surface area contributed by atoms with Crippen molar-refractivity contribution in [3.8, 4) is 17.2 Å². The Hall–Kier alpha value is -2.93. The molecule has 3 fully saturated rings. The van der Waals surface area contributed by atoms with E-state index in [1.807, 2.05) is 18.2 Å². The van der Waals surface area contributed by atoms with Gasteiger partial charge in [-0.1, -0.05) is 6.07 Å². The van der Waals surface area contributed by atoms with Crippen LogP contribution >= 0.6 is 0 Å². The Morgan fingerprint density at radius 1 is 0.972 bits per heavy atom. The summed E-state index contributed by atoms with van der Waals surface area (Å²) in [6.07, 6.45) is 6.77. The maximum atomic E-state index is 13.3. The van der Waals surface area contributed by atoms with Gasteiger partial charge >= 0.3 is 0 Å². The number of aliphatic imine (C=N–C) groups is 1. The fourth-order valence-electron chi connectivity index (χ4n) is 5.50. The van der Waals surface area contributed by atoms with Crippen molar-refractivity contribution >= 4 is 11.6 Å². The second-order valence-electron chi connectivity index (χ2n) is 10.6. The van der Waals surface area contributed by atoms with Gasteiger partial charge in [-0.15, -0.1) is 0 Å². The molecule has 1 saturated carbocycles. The SMILES string of the molecule is [O-]C(=NC(Cc1ccc2c(c1)OCCO2)CN1CCCC1)[C@@H]1CCN(c2ccc(OC3CC3)cc2)C1. The fraction of sp³-hybridized carbons (Fsp3) is 0.552. The Morgan fingerprint density at radius 2 is 1.75 bits per heavy atom. The zero-order valence-electron chi connectivity index (χ0n) is 20.9. The highest BCUT2D eigenvalue weighted by Gasteiger charge is 2.26. The smallest absolute Gasteiger partial charge is 0.161 e. The summed E-state index contributed by atoms with van der Waals surface area (Å²) < 4.78 is 17.3. The van der Waals surface area contributed by atoms with Crippen LogP contribution in [0.15, 0.2) is 47.5 Å². The normalized spacial score (nSPS) is 23.2. The van der Waals surface area contributed by atoms with Gasteiger partial charge in [0.1, 0.15) is 19.0 Å². The average molecular weight is 491 g/mol. The van der Waals surface area contributed by atoms with E-state index in [-0.39, 0.29) is 17.9 Å². The van der Waals surface area contributed by atoms with Crippen molar-refractivity contribution in [2.24, 2.45) is 10.9 Å². The first-order chi connectivity index (χ1) is 17.7. The van der Waals surface area contributed by atoms with Gasteiger partial charge in [0.2, 0.25) is 0 Å². The van der Waals surface area contributed by atoms with Crippen molar-refractivity contribution in [1.29, 1.82) is 0 Å². The van der Waals surface area contributed by atoms with E-state index in [2.05, 4.69) is 34.1 Å². The van der Waals surface area contributed by atoms with Gasteiger partial charge in [0.05, 0.1) is 12.1 Å². The molecule has 6 rings (SSSR count). The second kappa shape index (κ2) is 10.6. The topological polar surface area (TPSA) is 69.6 Å². The Morgan fingerprint density at radius 3 is 2.53 bits per heavy atom. The van der Waals surface area contributed by atoms with Crippen molar-refractivity contribution in [2.75, 3.05) is 50.8 Å². The number of hydrogen-bond acceptors (Lipinski definition) is 7. The molecule has 1 aliphatic carbocycles. The highest BCUT2D eigenvalue weighted by Crippen LogP contribution is 2.32. The summed E-state index contributed by atoms with van der Waals surface area (Å²) in [6.45, 7) is 5.80. The second-order valence-corrected chi connectivity index (χ2v) is 10.6. The minimum Gasteiger partial charge on any atom is -0.862 e. The molecule has 0 bridgehead atoms. The molecule has 0 N–H and O–H groups in total. The van der Waals surface area contributed by atoms with Gasteiger partial charge in [-0.2, -0.15) is 0 Å². The first-order valence-corrected chi connectivity index (χ1v) is 13.6. The van der Waals surface area contributed by atoms with E-state index in [4.69, 9.17) is 19.2 Å². The van der Waals surface area contributed by atoms with Gasteiger partial charge in [0.25, 0.3) is 0 Å². The van der Waals surface area contributed by atoms with Crippen molar-refractivity contribution < 1.29 is 19.3 Å². The lowest BCUT2D eigenvalue weighted by Crippen LogP contribution is -2.36. The van der Waals surface area contributed by atoms with E-state index in [1.165, 1.54) is 12.8 Å². The summed E-state index contributed by atoms with van der Waals surface area (Å²) >= 11 is 0. The number of likely N-dealkylation sites (tertiary alicyclic amines) is 1. The monoisotopic (exact) mass is 490 g/mol. The van der Waals surface area contributed by atoms with Gasteiger partial charge in [-0.3, -0.25) is 0 Å². The lowest BCUT2D eigenvalue weighted by atomic mass is 10.0. The lowest BCUT2D eigenvalue weighted by Gasteiger charge is -2.26. The van der Waals surface area contributed by atoms with E-state index >= 15 is 0 Å². The number of ether oxygens (including phenoxy) is 3. The molecule has 3 heterocycles. The third kappa shape index (κ3) is 5.72. The van der Waals surface area contributed by atoms with Gasteiger partial charge in [-0.25, -0.2) is 0 Å². The van der Waals surface area contributed by atoms with Crippen LogP contribution in [0.3, 0.4) is 0 Å². The van der Waals surface area contributed by atoms with Crippen LogP contribution in [-0.4, -0.2) is 68.9 Å². The summed E-state index contributed by atoms with van der Waals surface area (Å²) in [5, 5.41) is 13.3. The summed E-state index contributed by atoms with van der Waals surface area (Å²) in [4.78, 5) is 9.56. The van der Waals surface area contributed by atoms with Gasteiger partial charge in [0.15, 0.2) is 11.5 Å². The molecule has 4 aliphatic rings. The molecule has 0 amide bonds. The summed E-state index contributed by atoms with van der Waals surface area (Å²) in [5.74, 6) is 2.53. The lowest BCUT2D eigenvalue weighted by molar-refractivity contribution is -0.223. The average Bonchev–Trinajstić information content (AvgIpc) is 3.33. The Bertz CT molecular complexity index is 1060. The molecular weight excluding hydrogens is 454 g/mol. The standard InChI is InChI=1S/C29H37N3O4/c33-29(22-11-14-32(19-22)24-4-6-25(7-5-24)36-26-8-9-26)30-23(20-31-12-1-2-13-31)17-21-3-10-27-28(18-21)35-16-15-34-27/h3-7,10,18,22-23,26H,1-2,8-9,11-17,19-20H2,(H,30,33)/p-1/t22-,23?/m1/s1. The first-order valence-electron chi connectivity index (χ1n) is 13.6. The predicted molar refractivity (Wildman–Crippen MR) is 138 cm³/mol. The summed E-state index contributed by atoms with van der Waals surface area (Å²) in [5.41, 5.74) is 2.29. The third-order valence-corrected chi connectivity index (χ3v) is 7.62. The van der Waals surface area contributed by atoms with Crippen LogP contribution in [0.25, 0.3) is 0 Å². The van der Waals surface area contributed by atoms with E-state index < -0.39 is 0 Å². The highest BCUT2D eigenvalue weighted by molar-refractivity contribution is 5.76. The van der Waals surface area contributed by atoms with E-state index in [0.29, 0.717) is 19.3 Å². The van der Waals surface area contributed by atoms with E-state index in [0.717, 1.165) is 86.9 Å². The quantitative estimate of drug-likeness (QED) is 0.397. The van der Waals surface area contributed by atoms with Crippen LogP contribution in [0.5, 0.6) is 17.2 Å². The van der Waals surface area contributed by atoms with Gasteiger partial charge in [0, 0.05) is 31.2 Å². The van der Waals surface area contributed by atoms with Crippen LogP contribution in [-0.2, 0) is 6.42 Å².